The van der Waals surface area contributed by atoms with Gasteiger partial charge in [-0.3, -0.25) is 0 Å². The monoisotopic (exact) mass is 219 g/mol. The van der Waals surface area contributed by atoms with Crippen LogP contribution in [0.3, 0.4) is 0 Å². The van der Waals surface area contributed by atoms with Crippen molar-refractivity contribution >= 4 is 10.0 Å². The van der Waals surface area contributed by atoms with Crippen molar-refractivity contribution in [2.24, 2.45) is 0 Å². The van der Waals surface area contributed by atoms with Crippen molar-refractivity contribution in [2.75, 3.05) is 7.05 Å². The number of nitrogens with one attached hydrogen (secondary N) is 1. The predicted octanol–water partition coefficient (Wildman–Crippen LogP) is 1.76. The molecule has 1 rings (SSSR count). The first-order valence-corrected chi connectivity index (χ1v) is 5.74. The molecule has 0 heterocycles. The Morgan fingerprint density at radius 1 is 1.14 bits per heavy atom. The number of rotatable bonds is 2. The van der Waals surface area contributed by atoms with Crippen LogP contribution in [-0.4, -0.2) is 15.5 Å². The molecule has 0 spiro atoms. The topological polar surface area (TPSA) is 46.2 Å². The standard InChI is InChI=1S/C7H8FNO2S.C2H6/c1-9-12(10,11)7-4-2-6(8)3-5-7;1-2/h2-5,9H,1H3;1-2H3. The second kappa shape index (κ2) is 5.72. The maximum absolute atomic E-state index is 12.4. The third-order valence-electron chi connectivity index (χ3n) is 1.39. The van der Waals surface area contributed by atoms with Crippen LogP contribution in [0.25, 0.3) is 0 Å². The van der Waals surface area contributed by atoms with Crippen molar-refractivity contribution < 1.29 is 12.8 Å². The van der Waals surface area contributed by atoms with Crippen LogP contribution in [-0.2, 0) is 10.0 Å². The number of halogens is 1. The summed E-state index contributed by atoms with van der Waals surface area (Å²) < 4.78 is 36.6. The number of hydrogen-bond acceptors (Lipinski definition) is 2. The van der Waals surface area contributed by atoms with Crippen molar-refractivity contribution in [1.82, 2.24) is 4.72 Å². The Morgan fingerprint density at radius 3 is 1.93 bits per heavy atom. The molecule has 0 bridgehead atoms. The molecular formula is C9H14FNO2S. The van der Waals surface area contributed by atoms with Gasteiger partial charge in [0, 0.05) is 0 Å². The van der Waals surface area contributed by atoms with Crippen molar-refractivity contribution in [3.63, 3.8) is 0 Å². The highest BCUT2D eigenvalue weighted by Crippen LogP contribution is 2.08. The smallest absolute Gasteiger partial charge is 0.214 e. The van der Waals surface area contributed by atoms with Crippen LogP contribution < -0.4 is 4.72 Å². The zero-order valence-corrected chi connectivity index (χ0v) is 9.23. The largest absolute Gasteiger partial charge is 0.240 e. The Kier molecular flexibility index (Phi) is 5.34. The highest BCUT2D eigenvalue weighted by Gasteiger charge is 2.09. The Bertz CT molecular complexity index is 359. The van der Waals surface area contributed by atoms with Gasteiger partial charge in [-0.25, -0.2) is 17.5 Å². The first-order valence-electron chi connectivity index (χ1n) is 4.25. The first kappa shape index (κ1) is 13.1. The zero-order valence-electron chi connectivity index (χ0n) is 8.41. The normalized spacial score (nSPS) is 10.3. The molecule has 1 aromatic carbocycles. The van der Waals surface area contributed by atoms with Gasteiger partial charge in [0.1, 0.15) is 5.82 Å². The molecule has 0 aromatic heterocycles. The molecule has 1 N–H and O–H groups in total. The van der Waals surface area contributed by atoms with E-state index in [1.165, 1.54) is 19.2 Å². The summed E-state index contributed by atoms with van der Waals surface area (Å²) in [6.07, 6.45) is 0. The van der Waals surface area contributed by atoms with Gasteiger partial charge in [0.25, 0.3) is 0 Å². The lowest BCUT2D eigenvalue weighted by Crippen LogP contribution is -2.18. The van der Waals surface area contributed by atoms with E-state index in [0.29, 0.717) is 0 Å². The zero-order chi connectivity index (χ0) is 11.2. The Morgan fingerprint density at radius 2 is 1.57 bits per heavy atom. The predicted molar refractivity (Wildman–Crippen MR) is 54.0 cm³/mol. The van der Waals surface area contributed by atoms with Gasteiger partial charge in [0.05, 0.1) is 4.90 Å². The fourth-order valence-electron chi connectivity index (χ4n) is 0.732. The molecule has 0 fully saturated rings. The first-order chi connectivity index (χ1) is 6.56. The van der Waals surface area contributed by atoms with Gasteiger partial charge in [-0.05, 0) is 31.3 Å². The highest BCUT2D eigenvalue weighted by molar-refractivity contribution is 7.89. The lowest BCUT2D eigenvalue weighted by molar-refractivity contribution is 0.587. The second-order valence-electron chi connectivity index (χ2n) is 2.16. The summed E-state index contributed by atoms with van der Waals surface area (Å²) >= 11 is 0. The van der Waals surface area contributed by atoms with Gasteiger partial charge in [-0.1, -0.05) is 13.8 Å². The van der Waals surface area contributed by atoms with Crippen LogP contribution in [0.2, 0.25) is 0 Å². The van der Waals surface area contributed by atoms with E-state index in [-0.39, 0.29) is 4.90 Å². The van der Waals surface area contributed by atoms with E-state index in [4.69, 9.17) is 0 Å². The third kappa shape index (κ3) is 3.43. The van der Waals surface area contributed by atoms with E-state index in [2.05, 4.69) is 4.72 Å². The lowest BCUT2D eigenvalue weighted by atomic mass is 10.4. The van der Waals surface area contributed by atoms with E-state index >= 15 is 0 Å². The number of sulfonamides is 1. The number of hydrogen-bond donors (Lipinski definition) is 1. The highest BCUT2D eigenvalue weighted by atomic mass is 32.2. The summed E-state index contributed by atoms with van der Waals surface area (Å²) in [5.74, 6) is -0.454. The summed E-state index contributed by atoms with van der Waals surface area (Å²) in [6, 6.07) is 4.62. The third-order valence-corrected chi connectivity index (χ3v) is 2.82. The van der Waals surface area contributed by atoms with Crippen LogP contribution in [0.15, 0.2) is 29.2 Å². The summed E-state index contributed by atoms with van der Waals surface area (Å²) in [5.41, 5.74) is 0. The molecule has 5 heteroatoms. The minimum Gasteiger partial charge on any atom is -0.214 e. The van der Waals surface area contributed by atoms with E-state index in [1.807, 2.05) is 13.8 Å². The molecule has 0 aliphatic rings. The molecule has 0 unspecified atom stereocenters. The maximum Gasteiger partial charge on any atom is 0.240 e. The SMILES string of the molecule is CC.CNS(=O)(=O)c1ccc(F)cc1. The fraction of sp³-hybridized carbons (Fsp3) is 0.333. The van der Waals surface area contributed by atoms with E-state index in [9.17, 15) is 12.8 Å². The minimum atomic E-state index is -3.43. The van der Waals surface area contributed by atoms with Gasteiger partial charge >= 0.3 is 0 Å². The van der Waals surface area contributed by atoms with Gasteiger partial charge in [-0.2, -0.15) is 0 Å². The average molecular weight is 219 g/mol. The maximum atomic E-state index is 12.4. The van der Waals surface area contributed by atoms with Crippen LogP contribution in [0.4, 0.5) is 4.39 Å². The molecule has 0 saturated heterocycles. The molecule has 0 radical (unpaired) electrons. The second-order valence-corrected chi connectivity index (χ2v) is 4.05. The molecule has 0 saturated carbocycles. The van der Waals surface area contributed by atoms with E-state index in [1.54, 1.807) is 0 Å². The quantitative estimate of drug-likeness (QED) is 0.823. The van der Waals surface area contributed by atoms with Crippen molar-refractivity contribution in [1.29, 1.82) is 0 Å². The number of benzene rings is 1. The molecule has 0 amide bonds. The van der Waals surface area contributed by atoms with E-state index < -0.39 is 15.8 Å². The Hall–Kier alpha value is -0.940. The minimum absolute atomic E-state index is 0.0615. The molecule has 3 nitrogen and oxygen atoms in total. The molecule has 14 heavy (non-hydrogen) atoms. The van der Waals surface area contributed by atoms with Crippen molar-refractivity contribution in [3.8, 4) is 0 Å². The molecule has 0 aliphatic heterocycles. The Balaban J connectivity index is 0.000000791. The van der Waals surface area contributed by atoms with Crippen LogP contribution in [0, 0.1) is 5.82 Å². The molecule has 80 valence electrons. The lowest BCUT2D eigenvalue weighted by Gasteiger charge is -2.00. The van der Waals surface area contributed by atoms with Gasteiger partial charge in [0.15, 0.2) is 0 Å². The fourth-order valence-corrected chi connectivity index (χ4v) is 1.46. The van der Waals surface area contributed by atoms with Crippen LogP contribution in [0.5, 0.6) is 0 Å². The van der Waals surface area contributed by atoms with E-state index in [0.717, 1.165) is 12.1 Å². The van der Waals surface area contributed by atoms with Crippen LogP contribution >= 0.6 is 0 Å². The van der Waals surface area contributed by atoms with Gasteiger partial charge in [0.2, 0.25) is 10.0 Å². The summed E-state index contributed by atoms with van der Waals surface area (Å²) in [6.45, 7) is 4.00. The summed E-state index contributed by atoms with van der Waals surface area (Å²) in [5, 5.41) is 0. The van der Waals surface area contributed by atoms with Gasteiger partial charge in [-0.15, -0.1) is 0 Å². The summed E-state index contributed by atoms with van der Waals surface area (Å²) in [7, 11) is -2.13. The van der Waals surface area contributed by atoms with Crippen molar-refractivity contribution in [2.45, 2.75) is 18.7 Å². The average Bonchev–Trinajstić information content (AvgIpc) is 2.21. The van der Waals surface area contributed by atoms with Gasteiger partial charge < -0.3 is 0 Å². The van der Waals surface area contributed by atoms with Crippen molar-refractivity contribution in [3.05, 3.63) is 30.1 Å². The van der Waals surface area contributed by atoms with Crippen LogP contribution in [0.1, 0.15) is 13.8 Å². The molecule has 0 aliphatic carbocycles. The molecular weight excluding hydrogens is 205 g/mol. The molecule has 0 atom stereocenters. The molecule has 1 aromatic rings. The summed E-state index contributed by atoms with van der Waals surface area (Å²) in [4.78, 5) is 0.0615. The Labute approximate surface area is 84.0 Å².